The summed E-state index contributed by atoms with van der Waals surface area (Å²) in [5.74, 6) is 0.165. The molecule has 3 aromatic rings. The van der Waals surface area contributed by atoms with E-state index in [-0.39, 0.29) is 5.91 Å². The molecule has 152 valence electrons. The van der Waals surface area contributed by atoms with Crippen LogP contribution in [0.4, 0.5) is 5.69 Å². The van der Waals surface area contributed by atoms with Crippen LogP contribution >= 0.6 is 0 Å². The highest BCUT2D eigenvalue weighted by Gasteiger charge is 2.39. The molecule has 2 amide bonds. The standard InChI is InChI=1S/C23H20N2O5/c1-28-20-10-9-15(12-21(20)29-2)25-22(26)18-8-4-3-7-17(18)19(23(25)27)14-24-13-16-6-5-11-30-16/h3-12,14,19H,13H2,1-2H3/t19-/m0/s1. The average Bonchev–Trinajstić information content (AvgIpc) is 3.29. The van der Waals surface area contributed by atoms with Crippen molar-refractivity contribution >= 4 is 23.7 Å². The van der Waals surface area contributed by atoms with Crippen LogP contribution in [0.15, 0.2) is 70.3 Å². The number of carbonyl (C=O) groups is 2. The van der Waals surface area contributed by atoms with Crippen LogP contribution in [-0.2, 0) is 11.3 Å². The minimum absolute atomic E-state index is 0.309. The first kappa shape index (κ1) is 19.4. The summed E-state index contributed by atoms with van der Waals surface area (Å²) in [6.45, 7) is 0.309. The summed E-state index contributed by atoms with van der Waals surface area (Å²) < 4.78 is 15.9. The number of aliphatic imine (C=N–C) groups is 1. The van der Waals surface area contributed by atoms with Gasteiger partial charge in [0.15, 0.2) is 11.5 Å². The third-order valence-corrected chi connectivity index (χ3v) is 4.92. The quantitative estimate of drug-likeness (QED) is 0.461. The van der Waals surface area contributed by atoms with E-state index in [2.05, 4.69) is 4.99 Å². The first-order valence-electron chi connectivity index (χ1n) is 9.35. The summed E-state index contributed by atoms with van der Waals surface area (Å²) in [7, 11) is 3.03. The molecule has 2 heterocycles. The molecule has 0 saturated carbocycles. The highest BCUT2D eigenvalue weighted by Crippen LogP contribution is 2.36. The van der Waals surface area contributed by atoms with Crippen LogP contribution in [0.5, 0.6) is 11.5 Å². The number of fused-ring (bicyclic) bond motifs is 1. The SMILES string of the molecule is COc1ccc(N2C(=O)c3ccccc3[C@H](C=NCc3ccco3)C2=O)cc1OC. The van der Waals surface area contributed by atoms with Gasteiger partial charge >= 0.3 is 0 Å². The molecule has 1 atom stereocenters. The summed E-state index contributed by atoms with van der Waals surface area (Å²) in [4.78, 5) is 32.1. The number of amides is 2. The van der Waals surface area contributed by atoms with Crippen LogP contribution in [0, 0.1) is 0 Å². The zero-order valence-corrected chi connectivity index (χ0v) is 16.6. The molecule has 30 heavy (non-hydrogen) atoms. The molecule has 1 aromatic heterocycles. The lowest BCUT2D eigenvalue weighted by atomic mass is 9.89. The number of benzene rings is 2. The lowest BCUT2D eigenvalue weighted by Gasteiger charge is -2.31. The molecule has 7 nitrogen and oxygen atoms in total. The summed E-state index contributed by atoms with van der Waals surface area (Å²) in [5, 5.41) is 0. The van der Waals surface area contributed by atoms with Gasteiger partial charge in [-0.3, -0.25) is 14.6 Å². The first-order valence-corrected chi connectivity index (χ1v) is 9.35. The number of anilines is 1. The van der Waals surface area contributed by atoms with Crippen LogP contribution in [0.2, 0.25) is 0 Å². The number of rotatable bonds is 6. The zero-order valence-electron chi connectivity index (χ0n) is 16.6. The van der Waals surface area contributed by atoms with Crippen molar-refractivity contribution in [3.8, 4) is 11.5 Å². The fourth-order valence-electron chi connectivity index (χ4n) is 3.46. The Balaban J connectivity index is 1.73. The van der Waals surface area contributed by atoms with Gasteiger partial charge in [0.05, 0.1) is 38.6 Å². The van der Waals surface area contributed by atoms with Gasteiger partial charge in [0, 0.05) is 17.8 Å². The largest absolute Gasteiger partial charge is 0.493 e. The highest BCUT2D eigenvalue weighted by molar-refractivity contribution is 6.29. The number of hydrogen-bond acceptors (Lipinski definition) is 6. The van der Waals surface area contributed by atoms with E-state index in [0.29, 0.717) is 40.6 Å². The first-order chi connectivity index (χ1) is 14.6. The predicted octanol–water partition coefficient (Wildman–Crippen LogP) is 3.84. The van der Waals surface area contributed by atoms with Crippen molar-refractivity contribution in [3.05, 3.63) is 77.7 Å². The molecular weight excluding hydrogens is 384 g/mol. The molecule has 0 saturated heterocycles. The van der Waals surface area contributed by atoms with Gasteiger partial charge in [-0.25, -0.2) is 4.90 Å². The molecule has 1 aliphatic rings. The van der Waals surface area contributed by atoms with E-state index in [1.54, 1.807) is 61.0 Å². The molecule has 0 aliphatic carbocycles. The molecule has 0 unspecified atom stereocenters. The maximum atomic E-state index is 13.4. The van der Waals surface area contributed by atoms with Crippen LogP contribution in [0.1, 0.15) is 27.6 Å². The second-order valence-electron chi connectivity index (χ2n) is 6.65. The van der Waals surface area contributed by atoms with Crippen molar-refractivity contribution in [2.75, 3.05) is 19.1 Å². The van der Waals surface area contributed by atoms with Crippen molar-refractivity contribution in [1.82, 2.24) is 0 Å². The molecule has 1 aliphatic heterocycles. The zero-order chi connectivity index (χ0) is 21.1. The van der Waals surface area contributed by atoms with Gasteiger partial charge in [-0.05, 0) is 35.9 Å². The Hall–Kier alpha value is -3.87. The molecule has 0 bridgehead atoms. The van der Waals surface area contributed by atoms with Crippen molar-refractivity contribution in [3.63, 3.8) is 0 Å². The third kappa shape index (κ3) is 3.45. The van der Waals surface area contributed by atoms with Crippen LogP contribution < -0.4 is 14.4 Å². The Morgan fingerprint density at radius 3 is 2.57 bits per heavy atom. The van der Waals surface area contributed by atoms with Crippen molar-refractivity contribution in [2.24, 2.45) is 4.99 Å². The van der Waals surface area contributed by atoms with Gasteiger partial charge in [-0.2, -0.15) is 0 Å². The van der Waals surface area contributed by atoms with Crippen LogP contribution in [0.25, 0.3) is 0 Å². The number of furan rings is 1. The van der Waals surface area contributed by atoms with E-state index in [0.717, 1.165) is 4.90 Å². The molecule has 0 radical (unpaired) electrons. The number of carbonyl (C=O) groups excluding carboxylic acids is 2. The summed E-state index contributed by atoms with van der Waals surface area (Å²) >= 11 is 0. The van der Waals surface area contributed by atoms with Crippen LogP contribution in [0.3, 0.4) is 0 Å². The van der Waals surface area contributed by atoms with Gasteiger partial charge in [-0.1, -0.05) is 18.2 Å². The maximum absolute atomic E-state index is 13.4. The lowest BCUT2D eigenvalue weighted by molar-refractivity contribution is -0.118. The summed E-state index contributed by atoms with van der Waals surface area (Å²) in [5.41, 5.74) is 1.50. The number of nitrogens with zero attached hydrogens (tertiary/aromatic N) is 2. The Bertz CT molecular complexity index is 1100. The Labute approximate surface area is 173 Å². The van der Waals surface area contributed by atoms with E-state index >= 15 is 0 Å². The summed E-state index contributed by atoms with van der Waals surface area (Å²) in [6, 6.07) is 15.6. The van der Waals surface area contributed by atoms with Crippen LogP contribution in [-0.4, -0.2) is 32.2 Å². The van der Waals surface area contributed by atoms with Gasteiger partial charge in [-0.15, -0.1) is 0 Å². The number of methoxy groups -OCH3 is 2. The summed E-state index contributed by atoms with van der Waals surface area (Å²) in [6.07, 6.45) is 3.15. The van der Waals surface area contributed by atoms with Gasteiger partial charge in [0.1, 0.15) is 5.76 Å². The Morgan fingerprint density at radius 1 is 1.03 bits per heavy atom. The Morgan fingerprint density at radius 2 is 1.83 bits per heavy atom. The highest BCUT2D eigenvalue weighted by atomic mass is 16.5. The number of ether oxygens (including phenoxy) is 2. The van der Waals surface area contributed by atoms with E-state index in [1.165, 1.54) is 14.2 Å². The van der Waals surface area contributed by atoms with E-state index in [9.17, 15) is 9.59 Å². The van der Waals surface area contributed by atoms with Gasteiger partial charge in [0.2, 0.25) is 5.91 Å². The molecule has 2 aromatic carbocycles. The van der Waals surface area contributed by atoms with E-state index in [4.69, 9.17) is 13.9 Å². The van der Waals surface area contributed by atoms with Crippen molar-refractivity contribution in [1.29, 1.82) is 0 Å². The average molecular weight is 404 g/mol. The molecule has 0 N–H and O–H groups in total. The topological polar surface area (TPSA) is 81.3 Å². The predicted molar refractivity (Wildman–Crippen MR) is 111 cm³/mol. The second-order valence-corrected chi connectivity index (χ2v) is 6.65. The second kappa shape index (κ2) is 8.24. The maximum Gasteiger partial charge on any atom is 0.265 e. The lowest BCUT2D eigenvalue weighted by Crippen LogP contribution is -2.45. The van der Waals surface area contributed by atoms with Gasteiger partial charge in [0.25, 0.3) is 5.91 Å². The molecule has 0 fully saturated rings. The van der Waals surface area contributed by atoms with Crippen molar-refractivity contribution < 1.29 is 23.5 Å². The van der Waals surface area contributed by atoms with Gasteiger partial charge < -0.3 is 13.9 Å². The molecule has 7 heteroatoms. The molecule has 4 rings (SSSR count). The number of imide groups is 1. The monoisotopic (exact) mass is 404 g/mol. The number of hydrogen-bond donors (Lipinski definition) is 0. The van der Waals surface area contributed by atoms with Crippen molar-refractivity contribution in [2.45, 2.75) is 12.5 Å². The van der Waals surface area contributed by atoms with E-state index in [1.807, 2.05) is 6.07 Å². The third-order valence-electron chi connectivity index (χ3n) is 4.92. The Kier molecular flexibility index (Phi) is 5.34. The molecular formula is C23H20N2O5. The smallest absolute Gasteiger partial charge is 0.265 e. The fourth-order valence-corrected chi connectivity index (χ4v) is 3.46. The van der Waals surface area contributed by atoms with E-state index < -0.39 is 11.8 Å². The normalized spacial score (nSPS) is 16.1. The minimum atomic E-state index is -0.693. The minimum Gasteiger partial charge on any atom is -0.493 e. The molecule has 0 spiro atoms. The fraction of sp³-hybridized carbons (Fsp3) is 0.174.